The number of carbonyl (C=O) groups is 2. The first kappa shape index (κ1) is 18.0. The lowest BCUT2D eigenvalue weighted by Crippen LogP contribution is -2.37. The van der Waals surface area contributed by atoms with Gasteiger partial charge in [-0.05, 0) is 23.6 Å². The van der Waals surface area contributed by atoms with Gasteiger partial charge in [0.25, 0.3) is 0 Å². The molecule has 4 heteroatoms. The van der Waals surface area contributed by atoms with Crippen LogP contribution in [0.25, 0.3) is 0 Å². The molecule has 2 amide bonds. The van der Waals surface area contributed by atoms with Crippen molar-refractivity contribution in [2.75, 3.05) is 0 Å². The Balaban J connectivity index is 1.74. The second kappa shape index (κ2) is 7.69. The molecule has 3 aromatic carbocycles. The van der Waals surface area contributed by atoms with Gasteiger partial charge in [-0.25, -0.2) is 9.69 Å². The zero-order valence-electron chi connectivity index (χ0n) is 15.6. The molecule has 0 unspecified atom stereocenters. The molecule has 1 saturated heterocycles. The molecule has 4 nitrogen and oxygen atoms in total. The average molecular weight is 371 g/mol. The molecule has 140 valence electrons. The van der Waals surface area contributed by atoms with Crippen molar-refractivity contribution >= 4 is 12.0 Å². The minimum absolute atomic E-state index is 0.261. The maximum absolute atomic E-state index is 13.3. The van der Waals surface area contributed by atoms with Crippen LogP contribution in [0.3, 0.4) is 0 Å². The Labute approximate surface area is 164 Å². The number of hydrogen-bond acceptors (Lipinski definition) is 3. The largest absolute Gasteiger partial charge is 0.438 e. The van der Waals surface area contributed by atoms with Crippen LogP contribution >= 0.6 is 0 Å². The summed E-state index contributed by atoms with van der Waals surface area (Å²) < 4.78 is 5.70. The van der Waals surface area contributed by atoms with Crippen molar-refractivity contribution in [3.05, 3.63) is 108 Å². The van der Waals surface area contributed by atoms with E-state index >= 15 is 0 Å². The van der Waals surface area contributed by atoms with Crippen molar-refractivity contribution in [2.45, 2.75) is 25.0 Å². The normalized spacial score (nSPS) is 19.9. The molecule has 0 saturated carbocycles. The molecule has 4 rings (SSSR count). The predicted octanol–water partition coefficient (Wildman–Crippen LogP) is 5.25. The predicted molar refractivity (Wildman–Crippen MR) is 107 cm³/mol. The first-order chi connectivity index (χ1) is 13.7. The van der Waals surface area contributed by atoms with Gasteiger partial charge in [0.05, 0.1) is 5.92 Å². The van der Waals surface area contributed by atoms with Gasteiger partial charge in [0.1, 0.15) is 6.04 Å². The van der Waals surface area contributed by atoms with Gasteiger partial charge in [-0.2, -0.15) is 0 Å². The van der Waals surface area contributed by atoms with Crippen molar-refractivity contribution in [3.63, 3.8) is 0 Å². The van der Waals surface area contributed by atoms with Gasteiger partial charge in [0.2, 0.25) is 5.91 Å². The van der Waals surface area contributed by atoms with Crippen molar-refractivity contribution < 1.29 is 14.3 Å². The van der Waals surface area contributed by atoms with Crippen molar-refractivity contribution in [1.82, 2.24) is 4.90 Å². The quantitative estimate of drug-likeness (QED) is 0.629. The number of carbonyl (C=O) groups excluding carboxylic acids is 2. The third-order valence-electron chi connectivity index (χ3n) is 5.17. The van der Waals surface area contributed by atoms with Gasteiger partial charge in [-0.1, -0.05) is 91.0 Å². The van der Waals surface area contributed by atoms with E-state index in [0.29, 0.717) is 0 Å². The summed E-state index contributed by atoms with van der Waals surface area (Å²) in [4.78, 5) is 27.4. The van der Waals surface area contributed by atoms with Crippen molar-refractivity contribution in [3.8, 4) is 0 Å². The summed E-state index contributed by atoms with van der Waals surface area (Å²) in [5.41, 5.74) is 2.61. The molecule has 1 fully saturated rings. The van der Waals surface area contributed by atoms with Crippen LogP contribution in [-0.4, -0.2) is 16.9 Å². The van der Waals surface area contributed by atoms with Crippen molar-refractivity contribution in [2.24, 2.45) is 0 Å². The first-order valence-electron chi connectivity index (χ1n) is 9.35. The number of nitrogens with zero attached hydrogens (tertiary/aromatic N) is 1. The molecule has 3 aromatic rings. The highest BCUT2D eigenvalue weighted by Crippen LogP contribution is 2.44. The number of ether oxygens (including phenoxy) is 1. The van der Waals surface area contributed by atoms with Gasteiger partial charge >= 0.3 is 6.09 Å². The Hall–Kier alpha value is -3.40. The van der Waals surface area contributed by atoms with E-state index in [1.807, 2.05) is 97.9 Å². The van der Waals surface area contributed by atoms with E-state index in [4.69, 9.17) is 4.74 Å². The Morgan fingerprint density at radius 2 is 1.32 bits per heavy atom. The van der Waals surface area contributed by atoms with E-state index in [0.717, 1.165) is 16.7 Å². The molecule has 0 aromatic heterocycles. The third-order valence-corrected chi connectivity index (χ3v) is 5.17. The lowest BCUT2D eigenvalue weighted by Gasteiger charge is -2.26. The highest BCUT2D eigenvalue weighted by molar-refractivity contribution is 5.97. The summed E-state index contributed by atoms with van der Waals surface area (Å²) in [5.74, 6) is -0.710. The van der Waals surface area contributed by atoms with Gasteiger partial charge in [-0.15, -0.1) is 0 Å². The summed E-state index contributed by atoms with van der Waals surface area (Å²) in [6.07, 6.45) is -1.14. The molecule has 0 radical (unpaired) electrons. The van der Waals surface area contributed by atoms with E-state index in [2.05, 4.69) is 0 Å². The molecule has 0 bridgehead atoms. The topological polar surface area (TPSA) is 46.6 Å². The smallest absolute Gasteiger partial charge is 0.417 e. The summed E-state index contributed by atoms with van der Waals surface area (Å²) in [6, 6.07) is 28.1. The number of rotatable bonds is 4. The number of cyclic esters (lactones) is 1. The van der Waals surface area contributed by atoms with E-state index in [1.54, 1.807) is 0 Å². The fourth-order valence-electron chi connectivity index (χ4n) is 3.67. The highest BCUT2D eigenvalue weighted by Gasteiger charge is 2.47. The maximum atomic E-state index is 13.3. The van der Waals surface area contributed by atoms with Crippen LogP contribution in [0, 0.1) is 0 Å². The average Bonchev–Trinajstić information content (AvgIpc) is 3.11. The van der Waals surface area contributed by atoms with Crippen LogP contribution in [0.4, 0.5) is 4.79 Å². The highest BCUT2D eigenvalue weighted by atomic mass is 16.6. The number of hydrogen-bond donors (Lipinski definition) is 0. The zero-order valence-corrected chi connectivity index (χ0v) is 15.6. The SMILES string of the molecule is C[C@H](C(=O)N1C(=O)O[C@@H](c2ccccc2)[C@H]1c1ccccc1)c1ccccc1. The molecule has 3 atom stereocenters. The zero-order chi connectivity index (χ0) is 19.5. The van der Waals surface area contributed by atoms with Gasteiger partial charge in [0.15, 0.2) is 6.10 Å². The van der Waals surface area contributed by atoms with Crippen LogP contribution in [0.15, 0.2) is 91.0 Å². The Bertz CT molecular complexity index is 957. The minimum Gasteiger partial charge on any atom is -0.438 e. The maximum Gasteiger partial charge on any atom is 0.417 e. The molecule has 0 spiro atoms. The number of imide groups is 1. The standard InChI is InChI=1S/C24H21NO3/c1-17(18-11-5-2-6-12-18)23(26)25-21(19-13-7-3-8-14-19)22(28-24(25)27)20-15-9-4-10-16-20/h2-17,21-22H,1H3/t17-,21+,22-/m0/s1. The Morgan fingerprint density at radius 3 is 1.89 bits per heavy atom. The van der Waals surface area contributed by atoms with E-state index in [9.17, 15) is 9.59 Å². The molecular formula is C24H21NO3. The molecule has 0 aliphatic carbocycles. The molecule has 0 N–H and O–H groups in total. The monoisotopic (exact) mass is 371 g/mol. The van der Waals surface area contributed by atoms with E-state index < -0.39 is 24.2 Å². The molecular weight excluding hydrogens is 350 g/mol. The van der Waals surface area contributed by atoms with Gasteiger partial charge < -0.3 is 4.74 Å². The third kappa shape index (κ3) is 3.29. The second-order valence-electron chi connectivity index (χ2n) is 6.91. The van der Waals surface area contributed by atoms with Gasteiger partial charge in [-0.3, -0.25) is 4.79 Å². The lowest BCUT2D eigenvalue weighted by atomic mass is 9.93. The molecule has 1 heterocycles. The summed E-state index contributed by atoms with van der Waals surface area (Å²) in [6.45, 7) is 1.82. The van der Waals surface area contributed by atoms with Gasteiger partial charge in [0, 0.05) is 0 Å². The van der Waals surface area contributed by atoms with Crippen LogP contribution in [0.5, 0.6) is 0 Å². The van der Waals surface area contributed by atoms with Crippen LogP contribution in [0.2, 0.25) is 0 Å². The lowest BCUT2D eigenvalue weighted by molar-refractivity contribution is -0.130. The van der Waals surface area contributed by atoms with E-state index in [-0.39, 0.29) is 5.91 Å². The molecule has 1 aliphatic heterocycles. The summed E-state index contributed by atoms with van der Waals surface area (Å²) in [5, 5.41) is 0. The minimum atomic E-state index is -0.601. The molecule has 28 heavy (non-hydrogen) atoms. The summed E-state index contributed by atoms with van der Waals surface area (Å²) >= 11 is 0. The van der Waals surface area contributed by atoms with Crippen LogP contribution in [-0.2, 0) is 9.53 Å². The van der Waals surface area contributed by atoms with Crippen LogP contribution < -0.4 is 0 Å². The first-order valence-corrected chi connectivity index (χ1v) is 9.35. The Kier molecular flexibility index (Phi) is 4.94. The number of amides is 2. The number of benzene rings is 3. The fraction of sp³-hybridized carbons (Fsp3) is 0.167. The van der Waals surface area contributed by atoms with E-state index in [1.165, 1.54) is 4.90 Å². The van der Waals surface area contributed by atoms with Crippen molar-refractivity contribution in [1.29, 1.82) is 0 Å². The second-order valence-corrected chi connectivity index (χ2v) is 6.91. The Morgan fingerprint density at radius 1 is 0.821 bits per heavy atom. The van der Waals surface area contributed by atoms with Crippen LogP contribution in [0.1, 0.15) is 41.7 Å². The fourth-order valence-corrected chi connectivity index (χ4v) is 3.67. The molecule has 1 aliphatic rings. The summed E-state index contributed by atoms with van der Waals surface area (Å²) in [7, 11) is 0.